The van der Waals surface area contributed by atoms with E-state index >= 15 is 0 Å². The molecular formula is C11H14FNOS. The molecule has 0 bridgehead atoms. The standard InChI is InChI=1S/C11H14FNOS/c12-9-2-1-3-10(6-9)15(14)7-11(13)8-4-5-8/h1-3,6,8,11H,4-5,7,13H2. The van der Waals surface area contributed by atoms with E-state index in [0.717, 1.165) is 12.8 Å². The molecule has 2 N–H and O–H groups in total. The fraction of sp³-hybridized carbons (Fsp3) is 0.455. The van der Waals surface area contributed by atoms with Crippen LogP contribution >= 0.6 is 0 Å². The number of rotatable bonds is 4. The third-order valence-electron chi connectivity index (χ3n) is 2.63. The van der Waals surface area contributed by atoms with Crippen molar-refractivity contribution in [1.82, 2.24) is 0 Å². The summed E-state index contributed by atoms with van der Waals surface area (Å²) >= 11 is 0. The molecular weight excluding hydrogens is 213 g/mol. The molecule has 2 nitrogen and oxygen atoms in total. The van der Waals surface area contributed by atoms with Crippen molar-refractivity contribution in [2.24, 2.45) is 11.7 Å². The van der Waals surface area contributed by atoms with E-state index in [9.17, 15) is 8.60 Å². The highest BCUT2D eigenvalue weighted by molar-refractivity contribution is 7.85. The molecule has 1 fully saturated rings. The van der Waals surface area contributed by atoms with Crippen LogP contribution in [0.5, 0.6) is 0 Å². The predicted molar refractivity (Wildman–Crippen MR) is 58.4 cm³/mol. The quantitative estimate of drug-likeness (QED) is 0.850. The molecule has 4 heteroatoms. The minimum atomic E-state index is -1.17. The number of nitrogens with two attached hydrogens (primary N) is 1. The zero-order chi connectivity index (χ0) is 10.8. The molecule has 15 heavy (non-hydrogen) atoms. The van der Waals surface area contributed by atoms with Gasteiger partial charge in [-0.2, -0.15) is 0 Å². The summed E-state index contributed by atoms with van der Waals surface area (Å²) in [6.45, 7) is 0. The largest absolute Gasteiger partial charge is 0.327 e. The molecule has 2 atom stereocenters. The summed E-state index contributed by atoms with van der Waals surface area (Å²) < 4.78 is 24.7. The van der Waals surface area contributed by atoms with Gasteiger partial charge in [0.2, 0.25) is 0 Å². The zero-order valence-electron chi connectivity index (χ0n) is 8.36. The van der Waals surface area contributed by atoms with E-state index in [2.05, 4.69) is 0 Å². The van der Waals surface area contributed by atoms with E-state index in [0.29, 0.717) is 16.6 Å². The van der Waals surface area contributed by atoms with Gasteiger partial charge in [-0.05, 0) is 37.0 Å². The first-order chi connectivity index (χ1) is 7.16. The van der Waals surface area contributed by atoms with Crippen molar-refractivity contribution in [3.63, 3.8) is 0 Å². The average molecular weight is 227 g/mol. The normalized spacial score (nSPS) is 19.9. The average Bonchev–Trinajstić information content (AvgIpc) is 3.00. The summed E-state index contributed by atoms with van der Waals surface area (Å²) in [5.74, 6) is 0.622. The molecule has 2 rings (SSSR count). The minimum Gasteiger partial charge on any atom is -0.327 e. The molecule has 0 spiro atoms. The lowest BCUT2D eigenvalue weighted by atomic mass is 10.2. The Balaban J connectivity index is 2.00. The number of halogens is 1. The summed E-state index contributed by atoms with van der Waals surface area (Å²) in [4.78, 5) is 0.533. The maximum atomic E-state index is 12.9. The van der Waals surface area contributed by atoms with Crippen LogP contribution in [0.4, 0.5) is 4.39 Å². The summed E-state index contributed by atoms with van der Waals surface area (Å²) in [6.07, 6.45) is 2.28. The Kier molecular flexibility index (Phi) is 3.17. The molecule has 1 aromatic rings. The fourth-order valence-electron chi connectivity index (χ4n) is 1.54. The van der Waals surface area contributed by atoms with E-state index in [1.807, 2.05) is 0 Å². The predicted octanol–water partition coefficient (Wildman–Crippen LogP) is 1.67. The third kappa shape index (κ3) is 2.86. The van der Waals surface area contributed by atoms with Gasteiger partial charge in [0, 0.05) is 16.7 Å². The summed E-state index contributed by atoms with van der Waals surface area (Å²) in [6, 6.07) is 5.91. The second-order valence-electron chi connectivity index (χ2n) is 3.97. The van der Waals surface area contributed by atoms with Crippen molar-refractivity contribution in [3.05, 3.63) is 30.1 Å². The Labute approximate surface area is 91.1 Å². The SMILES string of the molecule is NC(CS(=O)c1cccc(F)c1)C1CC1. The van der Waals surface area contributed by atoms with E-state index in [1.54, 1.807) is 12.1 Å². The highest BCUT2D eigenvalue weighted by Gasteiger charge is 2.29. The molecule has 1 aliphatic rings. The molecule has 0 heterocycles. The Morgan fingerprint density at radius 1 is 1.53 bits per heavy atom. The number of hydrogen-bond donors (Lipinski definition) is 1. The van der Waals surface area contributed by atoms with Gasteiger partial charge >= 0.3 is 0 Å². The molecule has 1 saturated carbocycles. The molecule has 82 valence electrons. The first-order valence-electron chi connectivity index (χ1n) is 5.06. The smallest absolute Gasteiger partial charge is 0.124 e. The van der Waals surface area contributed by atoms with Crippen LogP contribution in [0.15, 0.2) is 29.2 Å². The van der Waals surface area contributed by atoms with Crippen molar-refractivity contribution in [1.29, 1.82) is 0 Å². The Morgan fingerprint density at radius 3 is 2.87 bits per heavy atom. The molecule has 0 saturated heterocycles. The van der Waals surface area contributed by atoms with Gasteiger partial charge in [0.25, 0.3) is 0 Å². The monoisotopic (exact) mass is 227 g/mol. The molecule has 0 aromatic heterocycles. The molecule has 0 aliphatic heterocycles. The van der Waals surface area contributed by atoms with Crippen molar-refractivity contribution in [3.8, 4) is 0 Å². The fourth-order valence-corrected chi connectivity index (χ4v) is 2.83. The van der Waals surface area contributed by atoms with Crippen LogP contribution in [0, 0.1) is 11.7 Å². The van der Waals surface area contributed by atoms with Gasteiger partial charge in [-0.15, -0.1) is 0 Å². The highest BCUT2D eigenvalue weighted by atomic mass is 32.2. The first kappa shape index (κ1) is 10.8. The van der Waals surface area contributed by atoms with Gasteiger partial charge in [0.05, 0.1) is 10.8 Å². The van der Waals surface area contributed by atoms with Crippen molar-refractivity contribution in [2.75, 3.05) is 5.75 Å². The van der Waals surface area contributed by atoms with Gasteiger partial charge in [-0.3, -0.25) is 4.21 Å². The van der Waals surface area contributed by atoms with Crippen molar-refractivity contribution >= 4 is 10.8 Å². The van der Waals surface area contributed by atoms with Crippen LogP contribution in [0.2, 0.25) is 0 Å². The van der Waals surface area contributed by atoms with Gasteiger partial charge in [0.15, 0.2) is 0 Å². The van der Waals surface area contributed by atoms with Crippen molar-refractivity contribution < 1.29 is 8.60 Å². The van der Waals surface area contributed by atoms with Crippen molar-refractivity contribution in [2.45, 2.75) is 23.8 Å². The maximum absolute atomic E-state index is 12.9. The number of hydrogen-bond acceptors (Lipinski definition) is 2. The van der Waals surface area contributed by atoms with Crippen LogP contribution in [0.1, 0.15) is 12.8 Å². The van der Waals surface area contributed by atoms with Crippen LogP contribution in [-0.4, -0.2) is 16.0 Å². The maximum Gasteiger partial charge on any atom is 0.124 e. The second kappa shape index (κ2) is 4.41. The van der Waals surface area contributed by atoms with Gasteiger partial charge in [-0.25, -0.2) is 4.39 Å². The van der Waals surface area contributed by atoms with Crippen LogP contribution in [0.25, 0.3) is 0 Å². The van der Waals surface area contributed by atoms with Crippen LogP contribution < -0.4 is 5.73 Å². The van der Waals surface area contributed by atoms with Crippen LogP contribution in [0.3, 0.4) is 0 Å². The van der Waals surface area contributed by atoms with Gasteiger partial charge in [-0.1, -0.05) is 6.07 Å². The summed E-state index contributed by atoms with van der Waals surface area (Å²) in [7, 11) is -1.17. The Morgan fingerprint density at radius 2 is 2.27 bits per heavy atom. The topological polar surface area (TPSA) is 43.1 Å². The lowest BCUT2D eigenvalue weighted by molar-refractivity contribution is 0.619. The van der Waals surface area contributed by atoms with Gasteiger partial charge in [0.1, 0.15) is 5.82 Å². The number of benzene rings is 1. The minimum absolute atomic E-state index is 0.00546. The second-order valence-corrected chi connectivity index (χ2v) is 5.47. The Hall–Kier alpha value is -0.740. The Bertz CT molecular complexity index is 379. The van der Waals surface area contributed by atoms with E-state index in [4.69, 9.17) is 5.73 Å². The highest BCUT2D eigenvalue weighted by Crippen LogP contribution is 2.32. The molecule has 1 aromatic carbocycles. The zero-order valence-corrected chi connectivity index (χ0v) is 9.17. The molecule has 2 unspecified atom stereocenters. The third-order valence-corrected chi connectivity index (χ3v) is 4.10. The summed E-state index contributed by atoms with van der Waals surface area (Å²) in [5.41, 5.74) is 5.87. The first-order valence-corrected chi connectivity index (χ1v) is 6.38. The molecule has 0 radical (unpaired) electrons. The van der Waals surface area contributed by atoms with E-state index < -0.39 is 10.8 Å². The lowest BCUT2D eigenvalue weighted by Crippen LogP contribution is -2.29. The summed E-state index contributed by atoms with van der Waals surface area (Å²) in [5, 5.41) is 0. The lowest BCUT2D eigenvalue weighted by Gasteiger charge is -2.09. The van der Waals surface area contributed by atoms with Gasteiger partial charge < -0.3 is 5.73 Å². The van der Waals surface area contributed by atoms with E-state index in [1.165, 1.54) is 12.1 Å². The van der Waals surface area contributed by atoms with E-state index in [-0.39, 0.29) is 11.9 Å². The van der Waals surface area contributed by atoms with Crippen LogP contribution in [-0.2, 0) is 10.8 Å². The molecule has 0 amide bonds. The molecule has 1 aliphatic carbocycles.